The van der Waals surface area contributed by atoms with E-state index < -0.39 is 0 Å². The van der Waals surface area contributed by atoms with E-state index in [2.05, 4.69) is 225 Å². The number of aromatic nitrogens is 4. The summed E-state index contributed by atoms with van der Waals surface area (Å²) in [6, 6.07) is 75.5. The Kier molecular flexibility index (Phi) is 6.41. The van der Waals surface area contributed by atoms with Gasteiger partial charge in [0.05, 0.1) is 44.1 Å². The van der Waals surface area contributed by atoms with Gasteiger partial charge in [-0.3, -0.25) is 0 Å². The van der Waals surface area contributed by atoms with E-state index in [1.54, 1.807) is 0 Å². The summed E-state index contributed by atoms with van der Waals surface area (Å²) < 4.78 is 9.74. The first kappa shape index (κ1) is 31.4. The Bertz CT molecular complexity index is 3430. The van der Waals surface area contributed by atoms with Gasteiger partial charge in [0.25, 0.3) is 0 Å². The standard InChI is InChI=1S/C54H34N4/c1-3-15-35(16-4-1)55-51-31-37(57-47-23-11-7-19-39(47)40-20-8-12-24-48(40)57)27-29-43(51)45-33-46-44-30-28-38(58-49-25-13-9-21-41(49)42-22-10-14-26-50(42)58)32-52(44)56(54(46)34-53(45)55)36-17-5-2-6-18-36/h1-34H. The highest BCUT2D eigenvalue weighted by Crippen LogP contribution is 2.42. The first-order chi connectivity index (χ1) is 28.8. The van der Waals surface area contributed by atoms with Gasteiger partial charge in [0, 0.05) is 65.8 Å². The second-order valence-electron chi connectivity index (χ2n) is 15.4. The predicted molar refractivity (Wildman–Crippen MR) is 244 cm³/mol. The molecule has 0 saturated carbocycles. The van der Waals surface area contributed by atoms with E-state index >= 15 is 0 Å². The molecular formula is C54H34N4. The highest BCUT2D eigenvalue weighted by atomic mass is 15.0. The third-order valence-electron chi connectivity index (χ3n) is 12.3. The van der Waals surface area contributed by atoms with Gasteiger partial charge in [0.15, 0.2) is 0 Å². The molecule has 4 heterocycles. The number of fused-ring (bicyclic) bond motifs is 12. The summed E-state index contributed by atoms with van der Waals surface area (Å²) in [5, 5.41) is 9.98. The molecule has 58 heavy (non-hydrogen) atoms. The van der Waals surface area contributed by atoms with Crippen LogP contribution in [0.4, 0.5) is 0 Å². The zero-order valence-corrected chi connectivity index (χ0v) is 31.4. The van der Waals surface area contributed by atoms with Gasteiger partial charge in [-0.2, -0.15) is 0 Å². The van der Waals surface area contributed by atoms with Gasteiger partial charge in [-0.1, -0.05) is 121 Å². The quantitative estimate of drug-likeness (QED) is 0.171. The van der Waals surface area contributed by atoms with Gasteiger partial charge >= 0.3 is 0 Å². The Morgan fingerprint density at radius 2 is 0.466 bits per heavy atom. The van der Waals surface area contributed by atoms with Crippen LogP contribution >= 0.6 is 0 Å². The molecule has 0 saturated heterocycles. The fourth-order valence-corrected chi connectivity index (χ4v) is 9.89. The van der Waals surface area contributed by atoms with Crippen LogP contribution in [0.2, 0.25) is 0 Å². The molecule has 270 valence electrons. The van der Waals surface area contributed by atoms with Crippen molar-refractivity contribution in [1.82, 2.24) is 18.3 Å². The Morgan fingerprint density at radius 1 is 0.172 bits per heavy atom. The molecule has 0 atom stereocenters. The zero-order valence-electron chi connectivity index (χ0n) is 31.4. The molecule has 9 aromatic carbocycles. The molecule has 4 heteroatoms. The highest BCUT2D eigenvalue weighted by Gasteiger charge is 2.21. The van der Waals surface area contributed by atoms with Crippen molar-refractivity contribution in [1.29, 1.82) is 0 Å². The normalized spacial score (nSPS) is 12.1. The molecule has 0 bridgehead atoms. The minimum atomic E-state index is 1.14. The van der Waals surface area contributed by atoms with Crippen molar-refractivity contribution in [3.05, 3.63) is 206 Å². The Morgan fingerprint density at radius 3 is 0.845 bits per heavy atom. The van der Waals surface area contributed by atoms with Gasteiger partial charge < -0.3 is 18.3 Å². The molecule has 4 nitrogen and oxygen atoms in total. The van der Waals surface area contributed by atoms with Crippen LogP contribution in [0.3, 0.4) is 0 Å². The molecule has 0 unspecified atom stereocenters. The molecule has 0 aliphatic carbocycles. The Labute approximate surface area is 333 Å². The minimum Gasteiger partial charge on any atom is -0.309 e. The number of nitrogens with zero attached hydrogens (tertiary/aromatic N) is 4. The molecule has 0 spiro atoms. The summed E-state index contributed by atoms with van der Waals surface area (Å²) in [5.74, 6) is 0. The summed E-state index contributed by atoms with van der Waals surface area (Å²) in [5.41, 5.74) is 14.1. The van der Waals surface area contributed by atoms with Crippen molar-refractivity contribution in [3.63, 3.8) is 0 Å². The average molecular weight is 739 g/mol. The van der Waals surface area contributed by atoms with Crippen molar-refractivity contribution in [3.8, 4) is 22.7 Å². The van der Waals surface area contributed by atoms with Crippen LogP contribution in [0.15, 0.2) is 206 Å². The molecule has 0 fully saturated rings. The van der Waals surface area contributed by atoms with Crippen LogP contribution in [-0.2, 0) is 0 Å². The number of hydrogen-bond donors (Lipinski definition) is 0. The number of hydrogen-bond acceptors (Lipinski definition) is 0. The first-order valence-electron chi connectivity index (χ1n) is 19.9. The van der Waals surface area contributed by atoms with Gasteiger partial charge in [0.2, 0.25) is 0 Å². The summed E-state index contributed by atoms with van der Waals surface area (Å²) in [4.78, 5) is 0. The van der Waals surface area contributed by atoms with E-state index in [9.17, 15) is 0 Å². The molecule has 13 aromatic rings. The van der Waals surface area contributed by atoms with Crippen LogP contribution in [0.5, 0.6) is 0 Å². The van der Waals surface area contributed by atoms with E-state index in [0.717, 1.165) is 22.7 Å². The molecule has 4 aromatic heterocycles. The van der Waals surface area contributed by atoms with Crippen molar-refractivity contribution < 1.29 is 0 Å². The van der Waals surface area contributed by atoms with Gasteiger partial charge in [-0.15, -0.1) is 0 Å². The first-order valence-corrected chi connectivity index (χ1v) is 19.9. The van der Waals surface area contributed by atoms with Crippen LogP contribution in [-0.4, -0.2) is 18.3 Å². The van der Waals surface area contributed by atoms with Crippen molar-refractivity contribution >= 4 is 87.2 Å². The molecule has 0 N–H and O–H groups in total. The van der Waals surface area contributed by atoms with Crippen LogP contribution in [0, 0.1) is 0 Å². The monoisotopic (exact) mass is 738 g/mol. The second-order valence-corrected chi connectivity index (χ2v) is 15.4. The molecule has 13 rings (SSSR count). The lowest BCUT2D eigenvalue weighted by Crippen LogP contribution is -1.98. The van der Waals surface area contributed by atoms with E-state index in [0.29, 0.717) is 0 Å². The fraction of sp³-hybridized carbons (Fsp3) is 0. The van der Waals surface area contributed by atoms with Crippen LogP contribution in [0.1, 0.15) is 0 Å². The average Bonchev–Trinajstić information content (AvgIpc) is 4.00. The Balaban J connectivity index is 1.12. The SMILES string of the molecule is c1ccc(-n2c3cc(-n4c5ccccc5c5ccccc54)ccc3c3cc4c5ccc(-n6c7ccccc7c7ccccc76)cc5n(-c5ccccc5)c4cc32)cc1. The Hall–Kier alpha value is -7.82. The van der Waals surface area contributed by atoms with E-state index in [-0.39, 0.29) is 0 Å². The molecule has 0 radical (unpaired) electrons. The van der Waals surface area contributed by atoms with Crippen molar-refractivity contribution in [2.75, 3.05) is 0 Å². The second kappa shape index (κ2) is 11.8. The number of rotatable bonds is 4. The lowest BCUT2D eigenvalue weighted by molar-refractivity contribution is 1.15. The topological polar surface area (TPSA) is 19.7 Å². The summed E-state index contributed by atoms with van der Waals surface area (Å²) in [7, 11) is 0. The third-order valence-corrected chi connectivity index (χ3v) is 12.3. The van der Waals surface area contributed by atoms with Crippen LogP contribution in [0.25, 0.3) is 110 Å². The van der Waals surface area contributed by atoms with Gasteiger partial charge in [-0.05, 0) is 84.9 Å². The largest absolute Gasteiger partial charge is 0.309 e. The van der Waals surface area contributed by atoms with Gasteiger partial charge in [-0.25, -0.2) is 0 Å². The fourth-order valence-electron chi connectivity index (χ4n) is 9.89. The third kappa shape index (κ3) is 4.29. The zero-order chi connectivity index (χ0) is 37.9. The van der Waals surface area contributed by atoms with E-state index in [1.165, 1.54) is 87.2 Å². The summed E-state index contributed by atoms with van der Waals surface area (Å²) in [6.07, 6.45) is 0. The number of para-hydroxylation sites is 6. The number of benzene rings is 9. The summed E-state index contributed by atoms with van der Waals surface area (Å²) >= 11 is 0. The highest BCUT2D eigenvalue weighted by molar-refractivity contribution is 6.20. The van der Waals surface area contributed by atoms with E-state index in [1.807, 2.05) is 0 Å². The molecule has 0 amide bonds. The molecular weight excluding hydrogens is 705 g/mol. The smallest absolute Gasteiger partial charge is 0.0562 e. The minimum absolute atomic E-state index is 1.14. The van der Waals surface area contributed by atoms with Crippen molar-refractivity contribution in [2.45, 2.75) is 0 Å². The summed E-state index contributed by atoms with van der Waals surface area (Å²) in [6.45, 7) is 0. The lowest BCUT2D eigenvalue weighted by atomic mass is 10.1. The maximum Gasteiger partial charge on any atom is 0.0562 e. The molecule has 0 aliphatic rings. The maximum absolute atomic E-state index is 2.46. The van der Waals surface area contributed by atoms with E-state index in [4.69, 9.17) is 0 Å². The molecule has 0 aliphatic heterocycles. The van der Waals surface area contributed by atoms with Crippen molar-refractivity contribution in [2.24, 2.45) is 0 Å². The van der Waals surface area contributed by atoms with Crippen LogP contribution < -0.4 is 0 Å². The predicted octanol–water partition coefficient (Wildman–Crippen LogP) is 14.1. The van der Waals surface area contributed by atoms with Gasteiger partial charge in [0.1, 0.15) is 0 Å². The lowest BCUT2D eigenvalue weighted by Gasteiger charge is -2.12. The maximum atomic E-state index is 2.46.